The van der Waals surface area contributed by atoms with E-state index in [0.717, 1.165) is 0 Å². The summed E-state index contributed by atoms with van der Waals surface area (Å²) in [6.07, 6.45) is 0. The highest BCUT2D eigenvalue weighted by Crippen LogP contribution is 2.24. The van der Waals surface area contributed by atoms with Crippen LogP contribution in [-0.2, 0) is 0 Å². The fourth-order valence-electron chi connectivity index (χ4n) is 1.90. The standard InChI is InChI=1S/C10H19N3O/c1-6(2)8-9(11)12(5)10(14)13(8)7(3)4/h6-8,11H,1-5H3. The second-order valence-corrected chi connectivity index (χ2v) is 4.42. The van der Waals surface area contributed by atoms with E-state index in [4.69, 9.17) is 5.41 Å². The first-order chi connectivity index (χ1) is 6.37. The number of hydrogen-bond donors (Lipinski definition) is 1. The van der Waals surface area contributed by atoms with Gasteiger partial charge in [-0.1, -0.05) is 13.8 Å². The maximum Gasteiger partial charge on any atom is 0.326 e. The normalized spacial score (nSPS) is 23.2. The van der Waals surface area contributed by atoms with E-state index < -0.39 is 0 Å². The molecule has 1 aliphatic rings. The highest BCUT2D eigenvalue weighted by atomic mass is 16.2. The number of hydrogen-bond acceptors (Lipinski definition) is 2. The zero-order chi connectivity index (χ0) is 11.0. The van der Waals surface area contributed by atoms with E-state index in [1.165, 1.54) is 4.90 Å². The van der Waals surface area contributed by atoms with Crippen molar-refractivity contribution in [3.05, 3.63) is 0 Å². The molecule has 4 heteroatoms. The minimum absolute atomic E-state index is 0.0521. The SMILES string of the molecule is CC(C)C1C(=N)N(C)C(=O)N1C(C)C. The molecule has 0 aromatic rings. The number of amidine groups is 1. The molecule has 0 spiro atoms. The Labute approximate surface area is 85.4 Å². The monoisotopic (exact) mass is 197 g/mol. The number of carbonyl (C=O) groups is 1. The molecule has 0 saturated carbocycles. The second-order valence-electron chi connectivity index (χ2n) is 4.42. The van der Waals surface area contributed by atoms with Crippen LogP contribution in [0.15, 0.2) is 0 Å². The molecule has 0 aromatic heterocycles. The average molecular weight is 197 g/mol. The van der Waals surface area contributed by atoms with E-state index in [1.54, 1.807) is 11.9 Å². The molecule has 0 aromatic carbocycles. The van der Waals surface area contributed by atoms with Crippen LogP contribution in [0.4, 0.5) is 4.79 Å². The summed E-state index contributed by atoms with van der Waals surface area (Å²) in [5.41, 5.74) is 0. The molecule has 0 aliphatic carbocycles. The van der Waals surface area contributed by atoms with Crippen LogP contribution in [0.1, 0.15) is 27.7 Å². The van der Waals surface area contributed by atoms with Gasteiger partial charge in [-0.25, -0.2) is 4.79 Å². The van der Waals surface area contributed by atoms with Gasteiger partial charge in [0.1, 0.15) is 5.84 Å². The first-order valence-corrected chi connectivity index (χ1v) is 5.02. The lowest BCUT2D eigenvalue weighted by Gasteiger charge is -2.28. The number of urea groups is 1. The van der Waals surface area contributed by atoms with E-state index in [-0.39, 0.29) is 18.1 Å². The zero-order valence-corrected chi connectivity index (χ0v) is 9.53. The van der Waals surface area contributed by atoms with Gasteiger partial charge in [-0.3, -0.25) is 10.3 Å². The van der Waals surface area contributed by atoms with Gasteiger partial charge in [0, 0.05) is 13.1 Å². The number of carbonyl (C=O) groups excluding carboxylic acids is 1. The molecule has 14 heavy (non-hydrogen) atoms. The molecule has 1 rings (SSSR count). The largest absolute Gasteiger partial charge is 0.326 e. The summed E-state index contributed by atoms with van der Waals surface area (Å²) in [6, 6.07) is 0.0383. The predicted octanol–water partition coefficient (Wildman–Crippen LogP) is 1.76. The summed E-state index contributed by atoms with van der Waals surface area (Å²) in [4.78, 5) is 15.0. The van der Waals surface area contributed by atoms with Crippen molar-refractivity contribution in [1.82, 2.24) is 9.80 Å². The molecule has 1 aliphatic heterocycles. The van der Waals surface area contributed by atoms with Crippen molar-refractivity contribution in [2.45, 2.75) is 39.8 Å². The van der Waals surface area contributed by atoms with E-state index in [2.05, 4.69) is 0 Å². The van der Waals surface area contributed by atoms with Crippen molar-refractivity contribution in [1.29, 1.82) is 5.41 Å². The number of nitrogens with one attached hydrogen (secondary N) is 1. The molecule has 4 nitrogen and oxygen atoms in total. The molecule has 0 bridgehead atoms. The summed E-state index contributed by atoms with van der Waals surface area (Å²) >= 11 is 0. The van der Waals surface area contributed by atoms with Crippen LogP contribution in [0.2, 0.25) is 0 Å². The van der Waals surface area contributed by atoms with Crippen molar-refractivity contribution >= 4 is 11.9 Å². The lowest BCUT2D eigenvalue weighted by molar-refractivity contribution is 0.166. The van der Waals surface area contributed by atoms with Crippen LogP contribution in [0.3, 0.4) is 0 Å². The third-order valence-electron chi connectivity index (χ3n) is 2.64. The van der Waals surface area contributed by atoms with Gasteiger partial charge in [-0.05, 0) is 19.8 Å². The third kappa shape index (κ3) is 1.49. The fraction of sp³-hybridized carbons (Fsp3) is 0.800. The van der Waals surface area contributed by atoms with Crippen molar-refractivity contribution in [2.24, 2.45) is 5.92 Å². The average Bonchev–Trinajstić information content (AvgIpc) is 2.29. The molecule has 1 N–H and O–H groups in total. The number of rotatable bonds is 2. The Hall–Kier alpha value is -1.06. The first-order valence-electron chi connectivity index (χ1n) is 5.02. The summed E-state index contributed by atoms with van der Waals surface area (Å²) in [5, 5.41) is 7.86. The lowest BCUT2D eigenvalue weighted by atomic mass is 10.0. The molecular weight excluding hydrogens is 178 g/mol. The Morgan fingerprint density at radius 1 is 1.29 bits per heavy atom. The van der Waals surface area contributed by atoms with Crippen LogP contribution in [0.25, 0.3) is 0 Å². The molecular formula is C10H19N3O. The molecule has 1 atom stereocenters. The Morgan fingerprint density at radius 2 is 1.79 bits per heavy atom. The highest BCUT2D eigenvalue weighted by molar-refractivity contribution is 6.05. The van der Waals surface area contributed by atoms with E-state index in [9.17, 15) is 4.79 Å². The number of likely N-dealkylation sites (N-methyl/N-ethyl adjacent to an activating group) is 1. The Balaban J connectivity index is 3.01. The minimum atomic E-state index is -0.0625. The topological polar surface area (TPSA) is 47.4 Å². The Bertz CT molecular complexity index is 234. The smallest absolute Gasteiger partial charge is 0.311 e. The molecule has 1 unspecified atom stereocenters. The maximum atomic E-state index is 11.8. The van der Waals surface area contributed by atoms with Crippen LogP contribution in [-0.4, -0.2) is 40.8 Å². The minimum Gasteiger partial charge on any atom is -0.311 e. The maximum absolute atomic E-state index is 11.8. The fourth-order valence-corrected chi connectivity index (χ4v) is 1.90. The van der Waals surface area contributed by atoms with Gasteiger partial charge in [0.25, 0.3) is 0 Å². The molecule has 1 heterocycles. The quantitative estimate of drug-likeness (QED) is 0.720. The summed E-state index contributed by atoms with van der Waals surface area (Å²) in [5.74, 6) is 0.706. The number of nitrogens with zero attached hydrogens (tertiary/aromatic N) is 2. The van der Waals surface area contributed by atoms with Gasteiger partial charge in [0.15, 0.2) is 0 Å². The van der Waals surface area contributed by atoms with Crippen molar-refractivity contribution in [3.8, 4) is 0 Å². The third-order valence-corrected chi connectivity index (χ3v) is 2.64. The van der Waals surface area contributed by atoms with Crippen LogP contribution < -0.4 is 0 Å². The Morgan fingerprint density at radius 3 is 2.07 bits per heavy atom. The summed E-state index contributed by atoms with van der Waals surface area (Å²) in [6.45, 7) is 8.06. The molecule has 1 fully saturated rings. The molecule has 80 valence electrons. The van der Waals surface area contributed by atoms with Crippen molar-refractivity contribution in [3.63, 3.8) is 0 Å². The Kier molecular flexibility index (Phi) is 2.83. The van der Waals surface area contributed by atoms with E-state index in [0.29, 0.717) is 11.8 Å². The van der Waals surface area contributed by atoms with E-state index in [1.807, 2.05) is 27.7 Å². The number of amides is 2. The van der Waals surface area contributed by atoms with Gasteiger partial charge >= 0.3 is 6.03 Å². The van der Waals surface area contributed by atoms with E-state index >= 15 is 0 Å². The van der Waals surface area contributed by atoms with Gasteiger partial charge in [-0.2, -0.15) is 0 Å². The predicted molar refractivity (Wildman–Crippen MR) is 56.5 cm³/mol. The first kappa shape index (κ1) is 11.0. The summed E-state index contributed by atoms with van der Waals surface area (Å²) < 4.78 is 0. The summed E-state index contributed by atoms with van der Waals surface area (Å²) in [7, 11) is 1.67. The van der Waals surface area contributed by atoms with Crippen molar-refractivity contribution in [2.75, 3.05) is 7.05 Å². The molecule has 0 radical (unpaired) electrons. The molecule has 2 amide bonds. The van der Waals surface area contributed by atoms with Crippen LogP contribution in [0, 0.1) is 11.3 Å². The van der Waals surface area contributed by atoms with Gasteiger partial charge in [0.2, 0.25) is 0 Å². The van der Waals surface area contributed by atoms with Gasteiger partial charge in [-0.15, -0.1) is 0 Å². The van der Waals surface area contributed by atoms with Crippen LogP contribution >= 0.6 is 0 Å². The second kappa shape index (κ2) is 3.59. The van der Waals surface area contributed by atoms with Gasteiger partial charge < -0.3 is 4.90 Å². The van der Waals surface area contributed by atoms with Gasteiger partial charge in [0.05, 0.1) is 6.04 Å². The lowest BCUT2D eigenvalue weighted by Crippen LogP contribution is -2.43. The van der Waals surface area contributed by atoms with Crippen molar-refractivity contribution < 1.29 is 4.79 Å². The highest BCUT2D eigenvalue weighted by Gasteiger charge is 2.42. The van der Waals surface area contributed by atoms with Crippen LogP contribution in [0.5, 0.6) is 0 Å². The molecule has 1 saturated heterocycles. The zero-order valence-electron chi connectivity index (χ0n) is 9.53.